The highest BCUT2D eigenvalue weighted by Gasteiger charge is 2.47. The Morgan fingerprint density at radius 2 is 1.80 bits per heavy atom. The monoisotopic (exact) mass is 283 g/mol. The average Bonchev–Trinajstić information content (AvgIpc) is 2.09. The number of ether oxygens (including phenoxy) is 1. The molecule has 0 aromatic carbocycles. The van der Waals surface area contributed by atoms with Crippen molar-refractivity contribution in [3.05, 3.63) is 11.5 Å². The van der Waals surface area contributed by atoms with Crippen molar-refractivity contribution in [2.45, 2.75) is 71.6 Å². The van der Waals surface area contributed by atoms with E-state index in [0.717, 1.165) is 0 Å². The maximum absolute atomic E-state index is 12.5. The van der Waals surface area contributed by atoms with E-state index in [-0.39, 0.29) is 0 Å². The number of amides is 1. The Hall–Kier alpha value is -1.01. The highest BCUT2D eigenvalue weighted by molar-refractivity contribution is 6.50. The molecule has 2 N–H and O–H groups in total. The van der Waals surface area contributed by atoms with E-state index in [0.29, 0.717) is 11.9 Å². The smallest absolute Gasteiger partial charge is 0.444 e. The van der Waals surface area contributed by atoms with Crippen molar-refractivity contribution >= 4 is 13.2 Å². The molecule has 0 fully saturated rings. The predicted molar refractivity (Wildman–Crippen MR) is 79.1 cm³/mol. The molecule has 1 aliphatic rings. The summed E-state index contributed by atoms with van der Waals surface area (Å²) in [6.07, 6.45) is 1.73. The van der Waals surface area contributed by atoms with Gasteiger partial charge in [0.05, 0.1) is 5.54 Å². The van der Waals surface area contributed by atoms with Gasteiger partial charge >= 0.3 is 13.2 Å². The van der Waals surface area contributed by atoms with Crippen LogP contribution in [0.4, 0.5) is 4.79 Å². The quantitative estimate of drug-likeness (QED) is 0.723. The SMILES string of the molecule is CC(C)(C)OC(=O)N1C(C)(C)C=C(B(O)O)CC1(C)C. The van der Waals surface area contributed by atoms with Gasteiger partial charge in [0.15, 0.2) is 0 Å². The molecule has 0 saturated carbocycles. The normalized spacial score (nSPS) is 21.2. The summed E-state index contributed by atoms with van der Waals surface area (Å²) in [6.45, 7) is 13.0. The van der Waals surface area contributed by atoms with E-state index < -0.39 is 29.9 Å². The van der Waals surface area contributed by atoms with Crippen LogP contribution in [0.1, 0.15) is 54.9 Å². The molecule has 0 aliphatic carbocycles. The fourth-order valence-electron chi connectivity index (χ4n) is 2.88. The van der Waals surface area contributed by atoms with Crippen LogP contribution in [-0.4, -0.2) is 44.8 Å². The molecule has 5 nitrogen and oxygen atoms in total. The minimum atomic E-state index is -1.49. The van der Waals surface area contributed by atoms with Gasteiger partial charge in [-0.3, -0.25) is 4.90 Å². The van der Waals surface area contributed by atoms with Crippen molar-refractivity contribution in [1.29, 1.82) is 0 Å². The van der Waals surface area contributed by atoms with Crippen molar-refractivity contribution < 1.29 is 19.6 Å². The van der Waals surface area contributed by atoms with Gasteiger partial charge in [-0.1, -0.05) is 6.08 Å². The molecular formula is C14H26BNO4. The molecule has 0 unspecified atom stereocenters. The summed E-state index contributed by atoms with van der Waals surface area (Å²) >= 11 is 0. The number of carbonyl (C=O) groups is 1. The Labute approximate surface area is 121 Å². The van der Waals surface area contributed by atoms with Gasteiger partial charge < -0.3 is 14.8 Å². The third-order valence-corrected chi connectivity index (χ3v) is 3.26. The zero-order valence-corrected chi connectivity index (χ0v) is 13.5. The van der Waals surface area contributed by atoms with E-state index in [9.17, 15) is 14.8 Å². The molecule has 0 atom stereocenters. The summed E-state index contributed by atoms with van der Waals surface area (Å²) in [5, 5.41) is 18.8. The van der Waals surface area contributed by atoms with E-state index in [1.165, 1.54) is 0 Å². The largest absolute Gasteiger partial charge is 0.483 e. The molecule has 1 rings (SSSR count). The van der Waals surface area contributed by atoms with Crippen LogP contribution in [0.2, 0.25) is 0 Å². The topological polar surface area (TPSA) is 70.0 Å². The lowest BCUT2D eigenvalue weighted by Gasteiger charge is -2.51. The lowest BCUT2D eigenvalue weighted by atomic mass is 9.67. The van der Waals surface area contributed by atoms with Crippen LogP contribution in [0.5, 0.6) is 0 Å². The molecule has 0 radical (unpaired) electrons. The van der Waals surface area contributed by atoms with Gasteiger partial charge in [-0.05, 0) is 60.4 Å². The van der Waals surface area contributed by atoms with Crippen molar-refractivity contribution in [1.82, 2.24) is 4.90 Å². The van der Waals surface area contributed by atoms with Crippen molar-refractivity contribution in [2.75, 3.05) is 0 Å². The lowest BCUT2D eigenvalue weighted by molar-refractivity contribution is -0.0237. The molecule has 1 amide bonds. The number of hydrogen-bond donors (Lipinski definition) is 2. The first kappa shape index (κ1) is 17.0. The highest BCUT2D eigenvalue weighted by Crippen LogP contribution is 2.38. The Morgan fingerprint density at radius 3 is 2.15 bits per heavy atom. The van der Waals surface area contributed by atoms with Gasteiger partial charge in [-0.2, -0.15) is 0 Å². The fourth-order valence-corrected chi connectivity index (χ4v) is 2.88. The summed E-state index contributed by atoms with van der Waals surface area (Å²) in [4.78, 5) is 14.1. The van der Waals surface area contributed by atoms with Gasteiger partial charge in [0.25, 0.3) is 0 Å². The second-order valence-electron chi connectivity index (χ2n) is 7.55. The third kappa shape index (κ3) is 3.76. The molecule has 0 saturated heterocycles. The number of rotatable bonds is 1. The molecule has 0 aromatic rings. The van der Waals surface area contributed by atoms with Gasteiger partial charge in [0, 0.05) is 5.54 Å². The number of nitrogens with zero attached hydrogens (tertiary/aromatic N) is 1. The van der Waals surface area contributed by atoms with Gasteiger partial charge in [0.2, 0.25) is 0 Å². The van der Waals surface area contributed by atoms with Gasteiger partial charge in [-0.25, -0.2) is 4.79 Å². The second kappa shape index (κ2) is 5.08. The Bertz CT molecular complexity index is 421. The second-order valence-corrected chi connectivity index (χ2v) is 7.55. The number of carbonyl (C=O) groups excluding carboxylic acids is 1. The minimum Gasteiger partial charge on any atom is -0.444 e. The van der Waals surface area contributed by atoms with Crippen LogP contribution in [-0.2, 0) is 4.74 Å². The molecule has 6 heteroatoms. The number of hydrogen-bond acceptors (Lipinski definition) is 4. The third-order valence-electron chi connectivity index (χ3n) is 3.26. The van der Waals surface area contributed by atoms with Gasteiger partial charge in [-0.15, -0.1) is 0 Å². The van der Waals surface area contributed by atoms with E-state index in [1.807, 2.05) is 48.5 Å². The van der Waals surface area contributed by atoms with Crippen molar-refractivity contribution in [2.24, 2.45) is 0 Å². The van der Waals surface area contributed by atoms with Crippen molar-refractivity contribution in [3.63, 3.8) is 0 Å². The zero-order valence-electron chi connectivity index (χ0n) is 13.5. The summed E-state index contributed by atoms with van der Waals surface area (Å²) in [6, 6.07) is 0. The van der Waals surface area contributed by atoms with E-state index in [1.54, 1.807) is 11.0 Å². The molecule has 0 aromatic heterocycles. The van der Waals surface area contributed by atoms with E-state index >= 15 is 0 Å². The Morgan fingerprint density at radius 1 is 1.30 bits per heavy atom. The van der Waals surface area contributed by atoms with Crippen LogP contribution < -0.4 is 0 Å². The van der Waals surface area contributed by atoms with Crippen LogP contribution in [0, 0.1) is 0 Å². The Balaban J connectivity index is 3.15. The fraction of sp³-hybridized carbons (Fsp3) is 0.786. The maximum atomic E-state index is 12.5. The van der Waals surface area contributed by atoms with Crippen LogP contribution in [0.25, 0.3) is 0 Å². The van der Waals surface area contributed by atoms with Crippen molar-refractivity contribution in [3.8, 4) is 0 Å². The maximum Gasteiger partial charge on any atom is 0.483 e. The molecule has 0 spiro atoms. The van der Waals surface area contributed by atoms with Crippen LogP contribution in [0.15, 0.2) is 11.5 Å². The summed E-state index contributed by atoms with van der Waals surface area (Å²) < 4.78 is 5.48. The predicted octanol–water partition coefficient (Wildman–Crippen LogP) is 2.12. The van der Waals surface area contributed by atoms with Gasteiger partial charge in [0.1, 0.15) is 5.60 Å². The zero-order chi connectivity index (χ0) is 15.9. The molecular weight excluding hydrogens is 257 g/mol. The van der Waals surface area contributed by atoms with Crippen LogP contribution in [0.3, 0.4) is 0 Å². The molecule has 20 heavy (non-hydrogen) atoms. The molecule has 0 bridgehead atoms. The first-order chi connectivity index (χ1) is 8.76. The summed E-state index contributed by atoms with van der Waals surface area (Å²) in [5.74, 6) is 0. The standard InChI is InChI=1S/C14H26BNO4/c1-12(2,3)20-11(17)16-13(4,5)8-10(15(18)19)9-14(16,6)7/h8,18-19H,9H2,1-7H3. The molecule has 114 valence electrons. The van der Waals surface area contributed by atoms with E-state index in [2.05, 4.69) is 0 Å². The van der Waals surface area contributed by atoms with E-state index in [4.69, 9.17) is 4.74 Å². The molecule has 1 heterocycles. The average molecular weight is 283 g/mol. The summed E-state index contributed by atoms with van der Waals surface area (Å²) in [5.41, 5.74) is -1.24. The molecule has 1 aliphatic heterocycles. The first-order valence-electron chi connectivity index (χ1n) is 6.87. The lowest BCUT2D eigenvalue weighted by Crippen LogP contribution is -2.61. The minimum absolute atomic E-state index is 0.393. The summed E-state index contributed by atoms with van der Waals surface area (Å²) in [7, 11) is -1.49. The van der Waals surface area contributed by atoms with Crippen LogP contribution >= 0.6 is 0 Å². The Kier molecular flexibility index (Phi) is 4.33. The highest BCUT2D eigenvalue weighted by atomic mass is 16.6. The first-order valence-corrected chi connectivity index (χ1v) is 6.87.